The first-order chi connectivity index (χ1) is 6.73. The number of thiol groups is 1. The average Bonchev–Trinajstić information content (AvgIpc) is 2.44. The number of likely N-dealkylation sites (tertiary alicyclic amines) is 1. The highest BCUT2D eigenvalue weighted by atomic mass is 32.1. The highest BCUT2D eigenvalue weighted by molar-refractivity contribution is 7.81. The molecule has 0 unspecified atom stereocenters. The van der Waals surface area contributed by atoms with Crippen molar-refractivity contribution < 1.29 is 27.9 Å². The maximum atomic E-state index is 12.1. The van der Waals surface area contributed by atoms with E-state index >= 15 is 0 Å². The van der Waals surface area contributed by atoms with Crippen molar-refractivity contribution in [2.24, 2.45) is 0 Å². The van der Waals surface area contributed by atoms with Crippen molar-refractivity contribution in [1.29, 1.82) is 0 Å². The molecule has 1 rings (SSSR count). The van der Waals surface area contributed by atoms with E-state index in [1.54, 1.807) is 0 Å². The maximum absolute atomic E-state index is 12.1. The summed E-state index contributed by atoms with van der Waals surface area (Å²) < 4.78 is 36.2. The van der Waals surface area contributed by atoms with E-state index in [2.05, 4.69) is 12.6 Å². The van der Waals surface area contributed by atoms with Gasteiger partial charge in [-0.05, 0) is 6.42 Å². The quantitative estimate of drug-likeness (QED) is 0.661. The topological polar surface area (TPSA) is 57.6 Å². The molecule has 1 aliphatic rings. The third-order valence-electron chi connectivity index (χ3n) is 2.07. The Kier molecular flexibility index (Phi) is 3.17. The molecule has 1 N–H and O–H groups in total. The summed E-state index contributed by atoms with van der Waals surface area (Å²) in [5, 5.41) is 8.09. The summed E-state index contributed by atoms with van der Waals surface area (Å²) in [5.74, 6) is -3.56. The molecule has 0 aromatic rings. The van der Waals surface area contributed by atoms with Crippen molar-refractivity contribution in [3.05, 3.63) is 0 Å². The number of hydrogen-bond donors (Lipinski definition) is 2. The summed E-state index contributed by atoms with van der Waals surface area (Å²) in [6, 6.07) is -1.43. The smallest absolute Gasteiger partial charge is 0.471 e. The third-order valence-corrected chi connectivity index (χ3v) is 2.44. The Balaban J connectivity index is 2.85. The summed E-state index contributed by atoms with van der Waals surface area (Å²) in [5.41, 5.74) is 0. The molecule has 0 saturated carbocycles. The number of carboxylic acids is 1. The zero-order valence-corrected chi connectivity index (χ0v) is 8.26. The lowest BCUT2D eigenvalue weighted by Crippen LogP contribution is -2.46. The Morgan fingerprint density at radius 2 is 1.93 bits per heavy atom. The van der Waals surface area contributed by atoms with Crippen LogP contribution in [0.25, 0.3) is 0 Å². The van der Waals surface area contributed by atoms with Gasteiger partial charge in [-0.2, -0.15) is 25.8 Å². The minimum atomic E-state index is -5.04. The Labute approximate surface area is 88.5 Å². The van der Waals surface area contributed by atoms with Crippen LogP contribution in [0.2, 0.25) is 0 Å². The lowest BCUT2D eigenvalue weighted by atomic mass is 10.2. The predicted octanol–water partition coefficient (Wildman–Crippen LogP) is 0.533. The van der Waals surface area contributed by atoms with Gasteiger partial charge in [0.15, 0.2) is 0 Å². The first-order valence-electron chi connectivity index (χ1n) is 4.02. The number of carboxylic acid groups (broad SMARTS) is 1. The minimum Gasteiger partial charge on any atom is -0.480 e. The zero-order chi connectivity index (χ0) is 11.8. The summed E-state index contributed by atoms with van der Waals surface area (Å²) in [4.78, 5) is 21.7. The van der Waals surface area contributed by atoms with Gasteiger partial charge in [-0.25, -0.2) is 4.79 Å². The van der Waals surface area contributed by atoms with Crippen molar-refractivity contribution in [3.63, 3.8) is 0 Å². The molecule has 0 radical (unpaired) electrons. The Morgan fingerprint density at radius 1 is 1.40 bits per heavy atom. The van der Waals surface area contributed by atoms with Crippen LogP contribution < -0.4 is 0 Å². The van der Waals surface area contributed by atoms with Crippen LogP contribution in [-0.2, 0) is 9.59 Å². The summed E-state index contributed by atoms with van der Waals surface area (Å²) in [7, 11) is 0. The monoisotopic (exact) mass is 243 g/mol. The van der Waals surface area contributed by atoms with Crippen molar-refractivity contribution in [3.8, 4) is 0 Å². The summed E-state index contributed by atoms with van der Waals surface area (Å²) in [6.45, 7) is -0.293. The number of amides is 1. The van der Waals surface area contributed by atoms with Crippen molar-refractivity contribution in [2.45, 2.75) is 23.9 Å². The number of nitrogens with zero attached hydrogens (tertiary/aromatic N) is 1. The number of alkyl halides is 3. The number of rotatable bonds is 1. The lowest BCUT2D eigenvalue weighted by Gasteiger charge is -2.22. The molecule has 1 heterocycles. The molecule has 4 nitrogen and oxygen atoms in total. The van der Waals surface area contributed by atoms with Crippen LogP contribution >= 0.6 is 12.6 Å². The van der Waals surface area contributed by atoms with Crippen molar-refractivity contribution >= 4 is 24.5 Å². The van der Waals surface area contributed by atoms with Crippen LogP contribution in [0.5, 0.6) is 0 Å². The van der Waals surface area contributed by atoms with Crippen LogP contribution in [0.1, 0.15) is 6.42 Å². The Hall–Kier alpha value is -0.920. The molecular formula is C7H8F3NO3S. The molecule has 0 spiro atoms. The number of halogens is 3. The van der Waals surface area contributed by atoms with Gasteiger partial charge in [-0.15, -0.1) is 0 Å². The first-order valence-corrected chi connectivity index (χ1v) is 4.53. The number of carbonyl (C=O) groups excluding carboxylic acids is 1. The first kappa shape index (κ1) is 12.2. The van der Waals surface area contributed by atoms with Crippen LogP contribution in [-0.4, -0.2) is 45.9 Å². The molecule has 1 amide bonds. The van der Waals surface area contributed by atoms with Gasteiger partial charge in [-0.3, -0.25) is 4.79 Å². The van der Waals surface area contributed by atoms with E-state index in [-0.39, 0.29) is 13.0 Å². The standard InChI is InChI=1S/C7H8F3NO3S/c8-7(9,10)6(14)11-2-3(15)1-4(11)5(12)13/h3-4,15H,1-2H2,(H,12,13)/t3-,4+/m1/s1. The predicted molar refractivity (Wildman–Crippen MR) is 46.6 cm³/mol. The van der Waals surface area contributed by atoms with Gasteiger partial charge in [0.25, 0.3) is 0 Å². The summed E-state index contributed by atoms with van der Waals surface area (Å²) in [6.07, 6.45) is -5.11. The molecule has 0 aromatic carbocycles. The van der Waals surface area contributed by atoms with Crippen molar-refractivity contribution in [1.82, 2.24) is 4.90 Å². The highest BCUT2D eigenvalue weighted by Crippen LogP contribution is 2.27. The van der Waals surface area contributed by atoms with Gasteiger partial charge in [0.1, 0.15) is 6.04 Å². The number of hydrogen-bond acceptors (Lipinski definition) is 3. The molecule has 86 valence electrons. The molecule has 2 atom stereocenters. The van der Waals surface area contributed by atoms with E-state index in [1.807, 2.05) is 0 Å². The zero-order valence-electron chi connectivity index (χ0n) is 7.36. The van der Waals surface area contributed by atoms with E-state index in [9.17, 15) is 22.8 Å². The normalized spacial score (nSPS) is 26.8. The third kappa shape index (κ3) is 2.55. The Morgan fingerprint density at radius 3 is 2.33 bits per heavy atom. The van der Waals surface area contributed by atoms with Crippen molar-refractivity contribution in [2.75, 3.05) is 6.54 Å². The van der Waals surface area contributed by atoms with Gasteiger partial charge in [0.2, 0.25) is 0 Å². The highest BCUT2D eigenvalue weighted by Gasteiger charge is 2.49. The second-order valence-corrected chi connectivity index (χ2v) is 3.93. The van der Waals surface area contributed by atoms with E-state index in [1.165, 1.54) is 0 Å². The van der Waals surface area contributed by atoms with Crippen LogP contribution in [0.15, 0.2) is 0 Å². The van der Waals surface area contributed by atoms with Crippen LogP contribution in [0.3, 0.4) is 0 Å². The SMILES string of the molecule is O=C(O)[C@@H]1C[C@@H](S)CN1C(=O)C(F)(F)F. The average molecular weight is 243 g/mol. The fourth-order valence-corrected chi connectivity index (χ4v) is 1.81. The van der Waals surface area contributed by atoms with Gasteiger partial charge in [0, 0.05) is 11.8 Å². The van der Waals surface area contributed by atoms with Gasteiger partial charge >= 0.3 is 18.1 Å². The minimum absolute atomic E-state index is 0.0692. The summed E-state index contributed by atoms with van der Waals surface area (Å²) >= 11 is 3.87. The maximum Gasteiger partial charge on any atom is 0.471 e. The molecule has 15 heavy (non-hydrogen) atoms. The number of carbonyl (C=O) groups is 2. The fourth-order valence-electron chi connectivity index (χ4n) is 1.44. The fraction of sp³-hybridized carbons (Fsp3) is 0.714. The molecular weight excluding hydrogens is 235 g/mol. The molecule has 0 bridgehead atoms. The molecule has 1 fully saturated rings. The van der Waals surface area contributed by atoms with Gasteiger partial charge < -0.3 is 10.0 Å². The van der Waals surface area contributed by atoms with Gasteiger partial charge in [-0.1, -0.05) is 0 Å². The van der Waals surface area contributed by atoms with Crippen LogP contribution in [0.4, 0.5) is 13.2 Å². The molecule has 0 aromatic heterocycles. The lowest BCUT2D eigenvalue weighted by molar-refractivity contribution is -0.187. The largest absolute Gasteiger partial charge is 0.480 e. The molecule has 8 heteroatoms. The van der Waals surface area contributed by atoms with Crippen LogP contribution in [0, 0.1) is 0 Å². The van der Waals surface area contributed by atoms with E-state index in [0.717, 1.165) is 0 Å². The van der Waals surface area contributed by atoms with E-state index < -0.39 is 29.3 Å². The number of aliphatic carboxylic acids is 1. The molecule has 1 aliphatic heterocycles. The molecule has 1 saturated heterocycles. The second-order valence-electron chi connectivity index (χ2n) is 3.20. The molecule has 0 aliphatic carbocycles. The van der Waals surface area contributed by atoms with E-state index in [4.69, 9.17) is 5.11 Å². The Bertz CT molecular complexity index is 294. The van der Waals surface area contributed by atoms with Gasteiger partial charge in [0.05, 0.1) is 0 Å². The second kappa shape index (κ2) is 3.92. The van der Waals surface area contributed by atoms with E-state index in [0.29, 0.717) is 4.90 Å².